The van der Waals surface area contributed by atoms with Crippen LogP contribution in [-0.2, 0) is 14.8 Å². The maximum atomic E-state index is 12.5. The molecule has 1 amide bonds. The molecule has 19 heavy (non-hydrogen) atoms. The van der Waals surface area contributed by atoms with E-state index in [9.17, 15) is 13.2 Å². The van der Waals surface area contributed by atoms with Crippen molar-refractivity contribution in [2.45, 2.75) is 30.6 Å². The first kappa shape index (κ1) is 13.9. The fraction of sp³-hybridized carbons (Fsp3) is 0.462. The SMILES string of the molecule is COc1cccc(S(=O)(=O)N2CCCCCC2=O)c1. The van der Waals surface area contributed by atoms with Gasteiger partial charge in [-0.1, -0.05) is 12.5 Å². The molecule has 104 valence electrons. The van der Waals surface area contributed by atoms with E-state index in [1.807, 2.05) is 0 Å². The third-order valence-corrected chi connectivity index (χ3v) is 4.98. The zero-order chi connectivity index (χ0) is 13.9. The van der Waals surface area contributed by atoms with Gasteiger partial charge in [0, 0.05) is 19.0 Å². The molecule has 0 radical (unpaired) electrons. The van der Waals surface area contributed by atoms with Gasteiger partial charge in [0.2, 0.25) is 5.91 Å². The van der Waals surface area contributed by atoms with Crippen LogP contribution in [0.1, 0.15) is 25.7 Å². The van der Waals surface area contributed by atoms with Gasteiger partial charge in [-0.25, -0.2) is 12.7 Å². The molecule has 0 atom stereocenters. The lowest BCUT2D eigenvalue weighted by molar-refractivity contribution is -0.126. The topological polar surface area (TPSA) is 63.7 Å². The molecule has 1 fully saturated rings. The smallest absolute Gasteiger partial charge is 0.266 e. The van der Waals surface area contributed by atoms with Crippen LogP contribution >= 0.6 is 0 Å². The van der Waals surface area contributed by atoms with Crippen molar-refractivity contribution >= 4 is 15.9 Å². The standard InChI is InChI=1S/C13H17NO4S/c1-18-11-6-5-7-12(10-11)19(16,17)14-9-4-2-3-8-13(14)15/h5-7,10H,2-4,8-9H2,1H3. The Labute approximate surface area is 113 Å². The van der Waals surface area contributed by atoms with Crippen molar-refractivity contribution in [1.82, 2.24) is 4.31 Å². The Morgan fingerprint density at radius 2 is 2.00 bits per heavy atom. The van der Waals surface area contributed by atoms with Crippen LogP contribution in [0.2, 0.25) is 0 Å². The lowest BCUT2D eigenvalue weighted by Gasteiger charge is -2.20. The van der Waals surface area contributed by atoms with Gasteiger partial charge < -0.3 is 4.74 Å². The molecule has 1 aromatic carbocycles. The number of ether oxygens (including phenoxy) is 1. The van der Waals surface area contributed by atoms with Gasteiger partial charge in [-0.3, -0.25) is 4.79 Å². The van der Waals surface area contributed by atoms with Gasteiger partial charge in [0.05, 0.1) is 12.0 Å². The molecule has 1 saturated heterocycles. The van der Waals surface area contributed by atoms with Crippen LogP contribution < -0.4 is 4.74 Å². The van der Waals surface area contributed by atoms with Crippen LogP contribution in [0.3, 0.4) is 0 Å². The molecule has 0 aromatic heterocycles. The van der Waals surface area contributed by atoms with Gasteiger partial charge in [0.15, 0.2) is 0 Å². The van der Waals surface area contributed by atoms with E-state index in [0.717, 1.165) is 23.6 Å². The van der Waals surface area contributed by atoms with E-state index in [-0.39, 0.29) is 17.3 Å². The second-order valence-electron chi connectivity index (χ2n) is 4.46. The monoisotopic (exact) mass is 283 g/mol. The molecule has 0 bridgehead atoms. The van der Waals surface area contributed by atoms with Crippen LogP contribution in [-0.4, -0.2) is 32.3 Å². The van der Waals surface area contributed by atoms with Crippen molar-refractivity contribution in [2.24, 2.45) is 0 Å². The number of carbonyl (C=O) groups is 1. The number of benzene rings is 1. The van der Waals surface area contributed by atoms with Crippen LogP contribution in [0.15, 0.2) is 29.2 Å². The summed E-state index contributed by atoms with van der Waals surface area (Å²) in [7, 11) is -2.29. The van der Waals surface area contributed by atoms with E-state index in [1.54, 1.807) is 12.1 Å². The highest BCUT2D eigenvalue weighted by Crippen LogP contribution is 2.23. The van der Waals surface area contributed by atoms with Gasteiger partial charge in [-0.2, -0.15) is 0 Å². The maximum absolute atomic E-state index is 12.5. The molecule has 6 heteroatoms. The molecule has 0 saturated carbocycles. The summed E-state index contributed by atoms with van der Waals surface area (Å²) < 4.78 is 31.0. The molecule has 0 unspecified atom stereocenters. The number of nitrogens with zero attached hydrogens (tertiary/aromatic N) is 1. The van der Waals surface area contributed by atoms with E-state index in [0.29, 0.717) is 12.2 Å². The number of rotatable bonds is 3. The summed E-state index contributed by atoms with van der Waals surface area (Å²) in [4.78, 5) is 12.0. The van der Waals surface area contributed by atoms with Crippen molar-refractivity contribution in [2.75, 3.05) is 13.7 Å². The molecular formula is C13H17NO4S. The Hall–Kier alpha value is -1.56. The second-order valence-corrected chi connectivity index (χ2v) is 6.32. The summed E-state index contributed by atoms with van der Waals surface area (Å²) in [6, 6.07) is 6.20. The molecule has 1 heterocycles. The minimum atomic E-state index is -3.76. The summed E-state index contributed by atoms with van der Waals surface area (Å²) in [5.41, 5.74) is 0. The number of methoxy groups -OCH3 is 1. The Morgan fingerprint density at radius 1 is 1.21 bits per heavy atom. The van der Waals surface area contributed by atoms with Crippen molar-refractivity contribution in [1.29, 1.82) is 0 Å². The van der Waals surface area contributed by atoms with Gasteiger partial charge in [-0.05, 0) is 25.0 Å². The lowest BCUT2D eigenvalue weighted by Crippen LogP contribution is -2.36. The van der Waals surface area contributed by atoms with E-state index in [4.69, 9.17) is 4.74 Å². The molecule has 1 aromatic rings. The Kier molecular flexibility index (Phi) is 4.09. The molecule has 0 aliphatic carbocycles. The molecule has 1 aliphatic rings. The highest BCUT2D eigenvalue weighted by Gasteiger charge is 2.30. The average Bonchev–Trinajstić information content (AvgIpc) is 2.64. The normalized spacial score (nSPS) is 17.1. The van der Waals surface area contributed by atoms with E-state index < -0.39 is 10.0 Å². The first-order chi connectivity index (χ1) is 9.05. The number of amides is 1. The van der Waals surface area contributed by atoms with Crippen molar-refractivity contribution < 1.29 is 17.9 Å². The van der Waals surface area contributed by atoms with Crippen LogP contribution in [0.5, 0.6) is 5.75 Å². The van der Waals surface area contributed by atoms with Crippen LogP contribution in [0, 0.1) is 0 Å². The Balaban J connectivity index is 2.37. The highest BCUT2D eigenvalue weighted by atomic mass is 32.2. The third-order valence-electron chi connectivity index (χ3n) is 3.16. The maximum Gasteiger partial charge on any atom is 0.266 e. The molecule has 1 aliphatic heterocycles. The predicted molar refractivity (Wildman–Crippen MR) is 70.4 cm³/mol. The summed E-state index contributed by atoms with van der Waals surface area (Å²) >= 11 is 0. The molecular weight excluding hydrogens is 266 g/mol. The zero-order valence-corrected chi connectivity index (χ0v) is 11.6. The summed E-state index contributed by atoms with van der Waals surface area (Å²) in [6.45, 7) is 0.262. The Bertz CT molecular complexity index is 568. The van der Waals surface area contributed by atoms with Gasteiger partial charge >= 0.3 is 0 Å². The van der Waals surface area contributed by atoms with Crippen LogP contribution in [0.4, 0.5) is 0 Å². The zero-order valence-electron chi connectivity index (χ0n) is 10.8. The van der Waals surface area contributed by atoms with Crippen molar-refractivity contribution in [3.63, 3.8) is 0 Å². The molecule has 5 nitrogen and oxygen atoms in total. The summed E-state index contributed by atoms with van der Waals surface area (Å²) in [5, 5.41) is 0. The highest BCUT2D eigenvalue weighted by molar-refractivity contribution is 7.89. The van der Waals surface area contributed by atoms with Crippen molar-refractivity contribution in [3.05, 3.63) is 24.3 Å². The van der Waals surface area contributed by atoms with Crippen LogP contribution in [0.25, 0.3) is 0 Å². The number of carbonyl (C=O) groups excluding carboxylic acids is 1. The minimum absolute atomic E-state index is 0.0992. The molecule has 2 rings (SSSR count). The van der Waals surface area contributed by atoms with Crippen molar-refractivity contribution in [3.8, 4) is 5.75 Å². The van der Waals surface area contributed by atoms with E-state index in [2.05, 4.69) is 0 Å². The summed E-state index contributed by atoms with van der Waals surface area (Å²) in [6.07, 6.45) is 2.65. The van der Waals surface area contributed by atoms with Gasteiger partial charge in [-0.15, -0.1) is 0 Å². The molecule has 0 N–H and O–H groups in total. The fourth-order valence-corrected chi connectivity index (χ4v) is 3.60. The third kappa shape index (κ3) is 2.89. The fourth-order valence-electron chi connectivity index (χ4n) is 2.10. The quantitative estimate of drug-likeness (QED) is 0.848. The first-order valence-electron chi connectivity index (χ1n) is 6.25. The minimum Gasteiger partial charge on any atom is -0.497 e. The number of hydrogen-bond donors (Lipinski definition) is 0. The van der Waals surface area contributed by atoms with E-state index in [1.165, 1.54) is 19.2 Å². The predicted octanol–water partition coefficient (Wildman–Crippen LogP) is 1.79. The van der Waals surface area contributed by atoms with E-state index >= 15 is 0 Å². The lowest BCUT2D eigenvalue weighted by atomic mass is 10.2. The first-order valence-corrected chi connectivity index (χ1v) is 7.69. The Morgan fingerprint density at radius 3 is 2.74 bits per heavy atom. The number of sulfonamides is 1. The average molecular weight is 283 g/mol. The van der Waals surface area contributed by atoms with Gasteiger partial charge in [0.1, 0.15) is 5.75 Å². The number of hydrogen-bond acceptors (Lipinski definition) is 4. The largest absolute Gasteiger partial charge is 0.497 e. The second kappa shape index (κ2) is 5.61. The summed E-state index contributed by atoms with van der Waals surface area (Å²) in [5.74, 6) is 0.142. The molecule has 0 spiro atoms. The van der Waals surface area contributed by atoms with Gasteiger partial charge in [0.25, 0.3) is 10.0 Å².